The molecule has 0 fully saturated rings. The fourth-order valence-corrected chi connectivity index (χ4v) is 2.56. The van der Waals surface area contributed by atoms with Crippen molar-refractivity contribution < 1.29 is 9.72 Å². The number of H-pyrrole nitrogens is 1. The van der Waals surface area contributed by atoms with Gasteiger partial charge in [-0.15, -0.1) is 0 Å². The van der Waals surface area contributed by atoms with Crippen LogP contribution in [0.25, 0.3) is 0 Å². The van der Waals surface area contributed by atoms with Gasteiger partial charge >= 0.3 is 0 Å². The van der Waals surface area contributed by atoms with Gasteiger partial charge in [0, 0.05) is 24.8 Å². The van der Waals surface area contributed by atoms with Gasteiger partial charge in [-0.05, 0) is 23.6 Å². The number of amides is 1. The number of nitro groups is 1. The number of nitrogens with zero attached hydrogens (tertiary/aromatic N) is 2. The monoisotopic (exact) mass is 286 g/mol. The van der Waals surface area contributed by atoms with E-state index in [4.69, 9.17) is 5.73 Å². The van der Waals surface area contributed by atoms with Gasteiger partial charge in [-0.2, -0.15) is 0 Å². The normalized spacial score (nSPS) is 13.8. The predicted octanol–water partition coefficient (Wildman–Crippen LogP) is 1.70. The van der Waals surface area contributed by atoms with Crippen LogP contribution in [0.4, 0.5) is 11.4 Å². The van der Waals surface area contributed by atoms with Crippen molar-refractivity contribution in [2.75, 3.05) is 12.3 Å². The molecule has 21 heavy (non-hydrogen) atoms. The second kappa shape index (κ2) is 4.93. The number of hydrogen-bond acceptors (Lipinski definition) is 4. The average molecular weight is 286 g/mol. The summed E-state index contributed by atoms with van der Waals surface area (Å²) in [4.78, 5) is 26.8. The molecule has 0 unspecified atom stereocenters. The van der Waals surface area contributed by atoms with Crippen LogP contribution in [0.1, 0.15) is 21.6 Å². The summed E-state index contributed by atoms with van der Waals surface area (Å²) in [5.74, 6) is -0.253. The van der Waals surface area contributed by atoms with Gasteiger partial charge in [0.25, 0.3) is 11.6 Å². The molecule has 3 rings (SSSR count). The van der Waals surface area contributed by atoms with Crippen LogP contribution in [0, 0.1) is 10.1 Å². The number of anilines is 1. The third-order valence-electron chi connectivity index (χ3n) is 3.71. The lowest BCUT2D eigenvalue weighted by atomic mass is 9.98. The maximum atomic E-state index is 12.4. The second-order valence-corrected chi connectivity index (χ2v) is 4.99. The number of carbonyl (C=O) groups is 1. The topological polar surface area (TPSA) is 105 Å². The number of aromatic amines is 1. The summed E-state index contributed by atoms with van der Waals surface area (Å²) >= 11 is 0. The maximum Gasteiger partial charge on any atom is 0.287 e. The quantitative estimate of drug-likeness (QED) is 0.498. The molecule has 0 radical (unpaired) electrons. The predicted molar refractivity (Wildman–Crippen MR) is 76.7 cm³/mol. The maximum absolute atomic E-state index is 12.4. The number of aromatic nitrogens is 1. The summed E-state index contributed by atoms with van der Waals surface area (Å²) in [5.41, 5.74) is 8.83. The number of hydrogen-bond donors (Lipinski definition) is 2. The zero-order chi connectivity index (χ0) is 15.0. The lowest BCUT2D eigenvalue weighted by Crippen LogP contribution is -2.36. The zero-order valence-electron chi connectivity index (χ0n) is 11.2. The van der Waals surface area contributed by atoms with E-state index in [-0.39, 0.29) is 17.3 Å². The number of carbonyl (C=O) groups excluding carboxylic acids is 1. The van der Waals surface area contributed by atoms with E-state index in [1.165, 1.54) is 12.3 Å². The van der Waals surface area contributed by atoms with Crippen LogP contribution >= 0.6 is 0 Å². The molecule has 1 amide bonds. The lowest BCUT2D eigenvalue weighted by Gasteiger charge is -2.29. The van der Waals surface area contributed by atoms with Crippen LogP contribution < -0.4 is 5.73 Å². The molecule has 108 valence electrons. The van der Waals surface area contributed by atoms with Gasteiger partial charge in [0.15, 0.2) is 0 Å². The molecule has 2 heterocycles. The zero-order valence-corrected chi connectivity index (χ0v) is 11.2. The van der Waals surface area contributed by atoms with Crippen molar-refractivity contribution in [3.8, 4) is 0 Å². The van der Waals surface area contributed by atoms with Gasteiger partial charge in [0.2, 0.25) is 0 Å². The van der Waals surface area contributed by atoms with E-state index in [0.717, 1.165) is 17.5 Å². The van der Waals surface area contributed by atoms with E-state index in [0.29, 0.717) is 18.8 Å². The molecule has 7 nitrogen and oxygen atoms in total. The van der Waals surface area contributed by atoms with E-state index < -0.39 is 4.92 Å². The molecule has 1 aliphatic rings. The molecule has 0 aliphatic carbocycles. The molecular formula is C14H14N4O3. The van der Waals surface area contributed by atoms with Crippen molar-refractivity contribution in [2.24, 2.45) is 0 Å². The van der Waals surface area contributed by atoms with E-state index >= 15 is 0 Å². The van der Waals surface area contributed by atoms with Crippen LogP contribution in [-0.4, -0.2) is 27.3 Å². The van der Waals surface area contributed by atoms with Crippen LogP contribution in [0.15, 0.2) is 30.5 Å². The van der Waals surface area contributed by atoms with E-state index in [1.54, 1.807) is 4.90 Å². The van der Waals surface area contributed by atoms with Crippen LogP contribution in [0.5, 0.6) is 0 Å². The molecule has 2 aromatic rings. The van der Waals surface area contributed by atoms with Gasteiger partial charge in [0.05, 0.1) is 11.1 Å². The molecule has 0 bridgehead atoms. The van der Waals surface area contributed by atoms with Gasteiger partial charge < -0.3 is 15.6 Å². The molecular weight excluding hydrogens is 272 g/mol. The minimum Gasteiger partial charge on any atom is -0.398 e. The Kier molecular flexibility index (Phi) is 3.09. The smallest absolute Gasteiger partial charge is 0.287 e. The largest absolute Gasteiger partial charge is 0.398 e. The fourth-order valence-electron chi connectivity index (χ4n) is 2.56. The van der Waals surface area contributed by atoms with E-state index in [1.807, 2.05) is 18.2 Å². The van der Waals surface area contributed by atoms with Crippen molar-refractivity contribution in [1.29, 1.82) is 0 Å². The Morgan fingerprint density at radius 3 is 2.95 bits per heavy atom. The number of nitrogens with one attached hydrogen (secondary N) is 1. The second-order valence-electron chi connectivity index (χ2n) is 4.99. The molecule has 1 aromatic heterocycles. The summed E-state index contributed by atoms with van der Waals surface area (Å²) in [6.45, 7) is 0.996. The Hall–Kier alpha value is -2.83. The SMILES string of the molecule is Nc1cccc2c1CN(C(=O)c1cc([N+](=O)[O-])c[nH]1)CC2. The van der Waals surface area contributed by atoms with Crippen molar-refractivity contribution in [1.82, 2.24) is 9.88 Å². The molecule has 0 saturated heterocycles. The van der Waals surface area contributed by atoms with Crippen molar-refractivity contribution in [3.05, 3.63) is 57.4 Å². The first-order valence-electron chi connectivity index (χ1n) is 6.54. The Morgan fingerprint density at radius 2 is 2.24 bits per heavy atom. The highest BCUT2D eigenvalue weighted by Crippen LogP contribution is 2.25. The number of nitrogens with two attached hydrogens (primary N) is 1. The number of fused-ring (bicyclic) bond motifs is 1. The van der Waals surface area contributed by atoms with E-state index in [9.17, 15) is 14.9 Å². The van der Waals surface area contributed by atoms with Crippen molar-refractivity contribution >= 4 is 17.3 Å². The third kappa shape index (κ3) is 2.33. The summed E-state index contributed by atoms with van der Waals surface area (Å²) in [6.07, 6.45) is 1.95. The highest BCUT2D eigenvalue weighted by atomic mass is 16.6. The first-order chi connectivity index (χ1) is 10.1. The Balaban J connectivity index is 1.83. The molecule has 0 spiro atoms. The number of benzene rings is 1. The number of rotatable bonds is 2. The standard InChI is InChI=1S/C14H14N4O3/c15-12-3-1-2-9-4-5-17(8-11(9)12)14(19)13-6-10(7-16-13)18(20)21/h1-3,6-7,16H,4-5,8,15H2. The van der Waals surface area contributed by atoms with Gasteiger partial charge in [-0.3, -0.25) is 14.9 Å². The third-order valence-corrected chi connectivity index (χ3v) is 3.71. The van der Waals surface area contributed by atoms with Gasteiger partial charge in [-0.25, -0.2) is 0 Å². The first kappa shape index (κ1) is 13.2. The van der Waals surface area contributed by atoms with Gasteiger partial charge in [0.1, 0.15) is 5.69 Å². The first-order valence-corrected chi connectivity index (χ1v) is 6.54. The Labute approximate surface area is 120 Å². The van der Waals surface area contributed by atoms with Crippen LogP contribution in [-0.2, 0) is 13.0 Å². The van der Waals surface area contributed by atoms with Crippen molar-refractivity contribution in [3.63, 3.8) is 0 Å². The van der Waals surface area contributed by atoms with Crippen LogP contribution in [0.3, 0.4) is 0 Å². The van der Waals surface area contributed by atoms with E-state index in [2.05, 4.69) is 4.98 Å². The van der Waals surface area contributed by atoms with Crippen LogP contribution in [0.2, 0.25) is 0 Å². The highest BCUT2D eigenvalue weighted by molar-refractivity contribution is 5.93. The molecule has 3 N–H and O–H groups in total. The minimum absolute atomic E-state index is 0.115. The number of nitrogen functional groups attached to an aromatic ring is 1. The Bertz CT molecular complexity index is 723. The highest BCUT2D eigenvalue weighted by Gasteiger charge is 2.25. The molecule has 0 saturated carbocycles. The summed E-state index contributed by atoms with van der Waals surface area (Å²) in [7, 11) is 0. The molecule has 0 atom stereocenters. The molecule has 1 aliphatic heterocycles. The fraction of sp³-hybridized carbons (Fsp3) is 0.214. The summed E-state index contributed by atoms with van der Waals surface area (Å²) < 4.78 is 0. The average Bonchev–Trinajstić information content (AvgIpc) is 2.97. The van der Waals surface area contributed by atoms with Crippen molar-refractivity contribution in [2.45, 2.75) is 13.0 Å². The van der Waals surface area contributed by atoms with Gasteiger partial charge in [-0.1, -0.05) is 12.1 Å². The lowest BCUT2D eigenvalue weighted by molar-refractivity contribution is -0.384. The summed E-state index contributed by atoms with van der Waals surface area (Å²) in [5, 5.41) is 10.7. The summed E-state index contributed by atoms with van der Waals surface area (Å²) in [6, 6.07) is 6.98. The Morgan fingerprint density at radius 1 is 1.43 bits per heavy atom. The molecule has 7 heteroatoms. The minimum atomic E-state index is -0.531. The molecule has 1 aromatic carbocycles.